The van der Waals surface area contributed by atoms with Gasteiger partial charge in [-0.25, -0.2) is 13.2 Å². The van der Waals surface area contributed by atoms with Crippen LogP contribution in [0.1, 0.15) is 17.3 Å². The molecule has 9 heteroatoms. The molecule has 1 amide bonds. The van der Waals surface area contributed by atoms with Gasteiger partial charge in [-0.2, -0.15) is 0 Å². The fraction of sp³-hybridized carbons (Fsp3) is 0.333. The predicted molar refractivity (Wildman–Crippen MR) is 77.9 cm³/mol. The maximum atomic E-state index is 11.8. The SMILES string of the molecule is COc1cc(NC(=O)C(C)S(C)(=O)=O)c(Cl)cc1C(=O)O. The largest absolute Gasteiger partial charge is 0.496 e. The molecule has 0 aliphatic rings. The Morgan fingerprint density at radius 1 is 1.38 bits per heavy atom. The Morgan fingerprint density at radius 2 is 1.95 bits per heavy atom. The lowest BCUT2D eigenvalue weighted by Crippen LogP contribution is -2.31. The normalized spacial score (nSPS) is 12.6. The number of carbonyl (C=O) groups excluding carboxylic acids is 1. The third-order valence-electron chi connectivity index (χ3n) is 2.79. The summed E-state index contributed by atoms with van der Waals surface area (Å²) in [5.41, 5.74) is -0.101. The van der Waals surface area contributed by atoms with Crippen LogP contribution in [0.3, 0.4) is 0 Å². The number of halogens is 1. The summed E-state index contributed by atoms with van der Waals surface area (Å²) in [6.07, 6.45) is 0.937. The van der Waals surface area contributed by atoms with Gasteiger partial charge in [0.1, 0.15) is 16.6 Å². The van der Waals surface area contributed by atoms with Crippen LogP contribution in [0.2, 0.25) is 5.02 Å². The molecule has 0 spiro atoms. The van der Waals surface area contributed by atoms with E-state index < -0.39 is 27.0 Å². The van der Waals surface area contributed by atoms with Gasteiger partial charge in [-0.15, -0.1) is 0 Å². The summed E-state index contributed by atoms with van der Waals surface area (Å²) in [6, 6.07) is 2.34. The summed E-state index contributed by atoms with van der Waals surface area (Å²) in [5.74, 6) is -2.02. The number of carboxylic acids is 1. The zero-order valence-corrected chi connectivity index (χ0v) is 13.1. The number of methoxy groups -OCH3 is 1. The summed E-state index contributed by atoms with van der Waals surface area (Å²) in [7, 11) is -2.29. The van der Waals surface area contributed by atoms with Crippen molar-refractivity contribution >= 4 is 39.0 Å². The molecule has 0 aliphatic heterocycles. The predicted octanol–water partition coefficient (Wildman–Crippen LogP) is 1.42. The zero-order valence-electron chi connectivity index (χ0n) is 11.5. The highest BCUT2D eigenvalue weighted by Crippen LogP contribution is 2.31. The molecule has 0 saturated carbocycles. The van der Waals surface area contributed by atoms with E-state index >= 15 is 0 Å². The van der Waals surface area contributed by atoms with Crippen molar-refractivity contribution in [3.8, 4) is 5.75 Å². The van der Waals surface area contributed by atoms with Gasteiger partial charge in [0.25, 0.3) is 0 Å². The van der Waals surface area contributed by atoms with Gasteiger partial charge in [0.15, 0.2) is 9.84 Å². The van der Waals surface area contributed by atoms with E-state index in [0.29, 0.717) is 0 Å². The van der Waals surface area contributed by atoms with Gasteiger partial charge in [0.2, 0.25) is 5.91 Å². The Morgan fingerprint density at radius 3 is 2.38 bits per heavy atom. The second-order valence-corrected chi connectivity index (χ2v) is 7.07. The average Bonchev–Trinajstić information content (AvgIpc) is 2.38. The van der Waals surface area contributed by atoms with Crippen molar-refractivity contribution in [2.24, 2.45) is 0 Å². The van der Waals surface area contributed by atoms with Gasteiger partial charge in [0.05, 0.1) is 17.8 Å². The molecule has 0 radical (unpaired) electrons. The average molecular weight is 336 g/mol. The lowest BCUT2D eigenvalue weighted by atomic mass is 10.1. The monoisotopic (exact) mass is 335 g/mol. The number of amides is 1. The smallest absolute Gasteiger partial charge is 0.339 e. The number of anilines is 1. The van der Waals surface area contributed by atoms with Crippen LogP contribution in [-0.2, 0) is 14.6 Å². The third kappa shape index (κ3) is 4.08. The molecule has 0 aliphatic carbocycles. The van der Waals surface area contributed by atoms with Crippen LogP contribution in [-0.4, -0.2) is 44.0 Å². The first-order valence-electron chi connectivity index (χ1n) is 5.68. The van der Waals surface area contributed by atoms with Gasteiger partial charge >= 0.3 is 5.97 Å². The van der Waals surface area contributed by atoms with Crippen molar-refractivity contribution < 1.29 is 27.9 Å². The van der Waals surface area contributed by atoms with E-state index in [0.717, 1.165) is 12.3 Å². The summed E-state index contributed by atoms with van der Waals surface area (Å²) in [5, 5.41) is 10.0. The van der Waals surface area contributed by atoms with Crippen molar-refractivity contribution in [2.75, 3.05) is 18.7 Å². The fourth-order valence-corrected chi connectivity index (χ4v) is 2.07. The topological polar surface area (TPSA) is 110 Å². The number of ether oxygens (including phenoxy) is 1. The van der Waals surface area contributed by atoms with E-state index in [1.54, 1.807) is 0 Å². The van der Waals surface area contributed by atoms with E-state index in [1.807, 2.05) is 0 Å². The Hall–Kier alpha value is -1.80. The lowest BCUT2D eigenvalue weighted by Gasteiger charge is -2.14. The molecule has 7 nitrogen and oxygen atoms in total. The van der Waals surface area contributed by atoms with Crippen molar-refractivity contribution in [2.45, 2.75) is 12.2 Å². The summed E-state index contributed by atoms with van der Waals surface area (Å²) < 4.78 is 27.5. The Balaban J connectivity index is 3.16. The molecule has 2 N–H and O–H groups in total. The molecule has 0 saturated heterocycles. The molecule has 116 valence electrons. The number of aromatic carboxylic acids is 1. The summed E-state index contributed by atoms with van der Waals surface area (Å²) in [4.78, 5) is 22.8. The number of hydrogen-bond donors (Lipinski definition) is 2. The molecule has 0 fully saturated rings. The second kappa shape index (κ2) is 6.31. The van der Waals surface area contributed by atoms with Crippen LogP contribution >= 0.6 is 11.6 Å². The van der Waals surface area contributed by atoms with Crippen molar-refractivity contribution in [3.05, 3.63) is 22.7 Å². The number of hydrogen-bond acceptors (Lipinski definition) is 5. The minimum absolute atomic E-state index is 0.00536. The maximum absolute atomic E-state index is 11.8. The molecule has 1 atom stereocenters. The maximum Gasteiger partial charge on any atom is 0.339 e. The minimum Gasteiger partial charge on any atom is -0.496 e. The first-order chi connectivity index (χ1) is 9.57. The molecular formula is C12H14ClNO6S. The highest BCUT2D eigenvalue weighted by atomic mass is 35.5. The summed E-state index contributed by atoms with van der Waals surface area (Å²) in [6.45, 7) is 1.24. The molecule has 0 heterocycles. The number of sulfone groups is 1. The molecule has 1 aromatic rings. The van der Waals surface area contributed by atoms with E-state index in [9.17, 15) is 18.0 Å². The van der Waals surface area contributed by atoms with Crippen LogP contribution in [0, 0.1) is 0 Å². The van der Waals surface area contributed by atoms with Crippen LogP contribution in [0.5, 0.6) is 5.75 Å². The van der Waals surface area contributed by atoms with Gasteiger partial charge in [-0.1, -0.05) is 11.6 Å². The van der Waals surface area contributed by atoms with Crippen LogP contribution in [0.4, 0.5) is 5.69 Å². The molecule has 1 rings (SSSR count). The van der Waals surface area contributed by atoms with E-state index in [2.05, 4.69) is 5.32 Å². The van der Waals surface area contributed by atoms with Gasteiger partial charge in [-0.3, -0.25) is 4.79 Å². The summed E-state index contributed by atoms with van der Waals surface area (Å²) >= 11 is 5.88. The van der Waals surface area contributed by atoms with Gasteiger partial charge in [0, 0.05) is 12.3 Å². The molecule has 1 aromatic carbocycles. The highest BCUT2D eigenvalue weighted by molar-refractivity contribution is 7.92. The van der Waals surface area contributed by atoms with Gasteiger partial charge in [-0.05, 0) is 13.0 Å². The first-order valence-corrected chi connectivity index (χ1v) is 8.01. The van der Waals surface area contributed by atoms with E-state index in [-0.39, 0.29) is 22.0 Å². The van der Waals surface area contributed by atoms with Crippen LogP contribution in [0.25, 0.3) is 0 Å². The highest BCUT2D eigenvalue weighted by Gasteiger charge is 2.25. The molecular weight excluding hydrogens is 322 g/mol. The molecule has 1 unspecified atom stereocenters. The number of carboxylic acid groups (broad SMARTS) is 1. The van der Waals surface area contributed by atoms with E-state index in [4.69, 9.17) is 21.4 Å². The van der Waals surface area contributed by atoms with E-state index in [1.165, 1.54) is 20.1 Å². The van der Waals surface area contributed by atoms with Crippen molar-refractivity contribution in [3.63, 3.8) is 0 Å². The molecule has 21 heavy (non-hydrogen) atoms. The number of rotatable bonds is 5. The van der Waals surface area contributed by atoms with Gasteiger partial charge < -0.3 is 15.2 Å². The molecule has 0 bridgehead atoms. The second-order valence-electron chi connectivity index (χ2n) is 4.30. The fourth-order valence-electron chi connectivity index (χ4n) is 1.41. The zero-order chi connectivity index (χ0) is 16.4. The minimum atomic E-state index is -3.55. The standard InChI is InChI=1S/C12H14ClNO6S/c1-6(21(3,18)19)11(15)14-9-5-10(20-2)7(12(16)17)4-8(9)13/h4-6H,1-3H3,(H,14,15)(H,16,17). The molecule has 0 aromatic heterocycles. The number of carbonyl (C=O) groups is 2. The van der Waals surface area contributed by atoms with Crippen molar-refractivity contribution in [1.82, 2.24) is 0 Å². The van der Waals surface area contributed by atoms with Crippen molar-refractivity contribution in [1.29, 1.82) is 0 Å². The van der Waals surface area contributed by atoms with Crippen LogP contribution in [0.15, 0.2) is 12.1 Å². The quantitative estimate of drug-likeness (QED) is 0.842. The Kier molecular flexibility index (Phi) is 5.19. The Bertz CT molecular complexity index is 685. The number of benzene rings is 1. The first kappa shape index (κ1) is 17.3. The third-order valence-corrected chi connectivity index (χ3v) is 4.60. The number of nitrogens with one attached hydrogen (secondary N) is 1. The van der Waals surface area contributed by atoms with Crippen LogP contribution < -0.4 is 10.1 Å². The lowest BCUT2D eigenvalue weighted by molar-refractivity contribution is -0.115. The Labute approximate surface area is 126 Å².